The zero-order valence-corrected chi connectivity index (χ0v) is 11.1. The number of halogens is 1. The minimum Gasteiger partial charge on any atom is -0.481 e. The molecule has 0 amide bonds. The lowest BCUT2D eigenvalue weighted by atomic mass is 9.82. The minimum atomic E-state index is -0.700. The molecule has 20 heavy (non-hydrogen) atoms. The molecule has 5 heteroatoms. The summed E-state index contributed by atoms with van der Waals surface area (Å²) in [6, 6.07) is 6.20. The molecule has 0 spiro atoms. The molecule has 1 aliphatic rings. The second-order valence-corrected chi connectivity index (χ2v) is 5.24. The number of carbonyl (C=O) groups is 1. The predicted octanol–water partition coefficient (Wildman–Crippen LogP) is 3.00. The van der Waals surface area contributed by atoms with E-state index >= 15 is 0 Å². The number of hydrogen-bond donors (Lipinski definition) is 2. The fourth-order valence-corrected chi connectivity index (χ4v) is 2.60. The van der Waals surface area contributed by atoms with Crippen LogP contribution >= 0.6 is 0 Å². The number of benzene rings is 1. The van der Waals surface area contributed by atoms with Crippen LogP contribution in [0.1, 0.15) is 31.2 Å². The average Bonchev–Trinajstić information content (AvgIpc) is 2.46. The summed E-state index contributed by atoms with van der Waals surface area (Å²) in [4.78, 5) is 10.9. The molecule has 0 saturated heterocycles. The van der Waals surface area contributed by atoms with Gasteiger partial charge in [-0.05, 0) is 49.8 Å². The first-order chi connectivity index (χ1) is 9.60. The monoisotopic (exact) mass is 276 g/mol. The highest BCUT2D eigenvalue weighted by Crippen LogP contribution is 2.29. The Morgan fingerprint density at radius 3 is 2.70 bits per heavy atom. The third-order valence-electron chi connectivity index (χ3n) is 3.88. The van der Waals surface area contributed by atoms with Crippen molar-refractivity contribution in [3.8, 4) is 6.07 Å². The highest BCUT2D eigenvalue weighted by atomic mass is 19.1. The number of nitrogens with one attached hydrogen (secondary N) is 1. The van der Waals surface area contributed by atoms with E-state index in [-0.39, 0.29) is 11.5 Å². The molecule has 2 rings (SSSR count). The molecule has 1 fully saturated rings. The minimum absolute atomic E-state index is 0.0320. The van der Waals surface area contributed by atoms with E-state index in [2.05, 4.69) is 5.32 Å². The Labute approximate surface area is 117 Å². The highest BCUT2D eigenvalue weighted by Gasteiger charge is 2.25. The van der Waals surface area contributed by atoms with Crippen molar-refractivity contribution < 1.29 is 14.3 Å². The molecular weight excluding hydrogens is 259 g/mol. The lowest BCUT2D eigenvalue weighted by Gasteiger charge is -2.26. The fraction of sp³-hybridized carbons (Fsp3) is 0.467. The van der Waals surface area contributed by atoms with Crippen molar-refractivity contribution in [2.75, 3.05) is 11.9 Å². The molecule has 0 radical (unpaired) electrons. The van der Waals surface area contributed by atoms with Crippen LogP contribution in [-0.4, -0.2) is 17.6 Å². The van der Waals surface area contributed by atoms with Gasteiger partial charge in [0.25, 0.3) is 0 Å². The molecule has 4 nitrogen and oxygen atoms in total. The van der Waals surface area contributed by atoms with E-state index < -0.39 is 11.8 Å². The summed E-state index contributed by atoms with van der Waals surface area (Å²) in [5, 5.41) is 20.9. The van der Waals surface area contributed by atoms with Gasteiger partial charge in [-0.25, -0.2) is 4.39 Å². The lowest BCUT2D eigenvalue weighted by Crippen LogP contribution is -2.25. The topological polar surface area (TPSA) is 73.1 Å². The number of aliphatic carboxylic acids is 1. The lowest BCUT2D eigenvalue weighted by molar-refractivity contribution is -0.143. The molecule has 0 atom stereocenters. The first-order valence-electron chi connectivity index (χ1n) is 6.76. The Morgan fingerprint density at radius 2 is 2.10 bits per heavy atom. The van der Waals surface area contributed by atoms with E-state index in [1.54, 1.807) is 6.07 Å². The van der Waals surface area contributed by atoms with E-state index in [0.29, 0.717) is 18.8 Å². The maximum atomic E-state index is 13.2. The van der Waals surface area contributed by atoms with E-state index in [4.69, 9.17) is 10.4 Å². The quantitative estimate of drug-likeness (QED) is 0.886. The number of rotatable bonds is 4. The number of hydrogen-bond acceptors (Lipinski definition) is 3. The van der Waals surface area contributed by atoms with Crippen LogP contribution in [0.25, 0.3) is 0 Å². The summed E-state index contributed by atoms with van der Waals surface area (Å²) in [6.07, 6.45) is 3.20. The van der Waals surface area contributed by atoms with E-state index in [1.165, 1.54) is 12.1 Å². The van der Waals surface area contributed by atoms with Gasteiger partial charge in [0.05, 0.1) is 11.5 Å². The molecule has 2 N–H and O–H groups in total. The number of nitriles is 1. The van der Waals surface area contributed by atoms with Crippen molar-refractivity contribution in [2.45, 2.75) is 25.7 Å². The summed E-state index contributed by atoms with van der Waals surface area (Å²) < 4.78 is 13.2. The molecule has 0 unspecified atom stereocenters. The maximum Gasteiger partial charge on any atom is 0.306 e. The van der Waals surface area contributed by atoms with Crippen molar-refractivity contribution in [3.63, 3.8) is 0 Å². The fourth-order valence-electron chi connectivity index (χ4n) is 2.60. The molecule has 1 aromatic rings. The number of carboxylic acids is 1. The van der Waals surface area contributed by atoms with Crippen molar-refractivity contribution in [1.29, 1.82) is 5.26 Å². The van der Waals surface area contributed by atoms with E-state index in [0.717, 1.165) is 25.1 Å². The van der Waals surface area contributed by atoms with Gasteiger partial charge in [-0.1, -0.05) is 0 Å². The van der Waals surface area contributed by atoms with Crippen LogP contribution in [0.5, 0.6) is 0 Å². The highest BCUT2D eigenvalue weighted by molar-refractivity contribution is 5.70. The van der Waals surface area contributed by atoms with Gasteiger partial charge in [-0.3, -0.25) is 4.79 Å². The van der Waals surface area contributed by atoms with Crippen LogP contribution in [0.15, 0.2) is 18.2 Å². The van der Waals surface area contributed by atoms with Crippen molar-refractivity contribution in [1.82, 2.24) is 0 Å². The van der Waals surface area contributed by atoms with Crippen molar-refractivity contribution in [3.05, 3.63) is 29.6 Å². The first kappa shape index (κ1) is 14.3. The van der Waals surface area contributed by atoms with Crippen LogP contribution in [0.3, 0.4) is 0 Å². The van der Waals surface area contributed by atoms with Crippen molar-refractivity contribution >= 4 is 11.7 Å². The van der Waals surface area contributed by atoms with Crippen LogP contribution in [0.2, 0.25) is 0 Å². The van der Waals surface area contributed by atoms with Gasteiger partial charge in [0.1, 0.15) is 11.9 Å². The molecule has 0 aromatic heterocycles. The molecule has 0 bridgehead atoms. The van der Waals surface area contributed by atoms with Crippen LogP contribution < -0.4 is 5.32 Å². The third kappa shape index (κ3) is 3.47. The van der Waals surface area contributed by atoms with Crippen LogP contribution in [0.4, 0.5) is 10.1 Å². The Kier molecular flexibility index (Phi) is 4.57. The molecule has 106 valence electrons. The molecule has 0 heterocycles. The Hall–Kier alpha value is -2.09. The molecule has 0 aliphatic heterocycles. The van der Waals surface area contributed by atoms with E-state index in [9.17, 15) is 9.18 Å². The zero-order chi connectivity index (χ0) is 14.5. The van der Waals surface area contributed by atoms with Gasteiger partial charge >= 0.3 is 5.97 Å². The van der Waals surface area contributed by atoms with Gasteiger partial charge in [0.2, 0.25) is 0 Å². The molecule has 1 aliphatic carbocycles. The van der Waals surface area contributed by atoms with Gasteiger partial charge in [-0.15, -0.1) is 0 Å². The summed E-state index contributed by atoms with van der Waals surface area (Å²) in [6.45, 7) is 0.725. The number of anilines is 1. The molecular formula is C15H17FN2O2. The number of carboxylic acid groups (broad SMARTS) is 1. The van der Waals surface area contributed by atoms with Crippen LogP contribution in [0, 0.1) is 29.0 Å². The van der Waals surface area contributed by atoms with Crippen molar-refractivity contribution in [2.24, 2.45) is 11.8 Å². The van der Waals surface area contributed by atoms with Gasteiger partial charge in [0.15, 0.2) is 0 Å². The van der Waals surface area contributed by atoms with E-state index in [1.807, 2.05) is 6.07 Å². The molecule has 1 aromatic carbocycles. The normalized spacial score (nSPS) is 22.0. The zero-order valence-electron chi connectivity index (χ0n) is 11.1. The summed E-state index contributed by atoms with van der Waals surface area (Å²) in [5.74, 6) is -0.989. The first-order valence-corrected chi connectivity index (χ1v) is 6.76. The summed E-state index contributed by atoms with van der Waals surface area (Å²) >= 11 is 0. The maximum absolute atomic E-state index is 13.2. The SMILES string of the molecule is N#Cc1cc(NC[C@H]2CC[C@H](C(=O)O)CC2)ccc1F. The second kappa shape index (κ2) is 6.38. The van der Waals surface area contributed by atoms with Crippen LogP contribution in [-0.2, 0) is 4.79 Å². The standard InChI is InChI=1S/C15H17FN2O2/c16-14-6-5-13(7-12(14)8-17)18-9-10-1-3-11(4-2-10)15(19)20/h5-7,10-11,18H,1-4,9H2,(H,19,20)/t10-,11-. The van der Waals surface area contributed by atoms with Gasteiger partial charge in [-0.2, -0.15) is 5.26 Å². The Balaban J connectivity index is 1.85. The third-order valence-corrected chi connectivity index (χ3v) is 3.88. The smallest absolute Gasteiger partial charge is 0.306 e. The largest absolute Gasteiger partial charge is 0.481 e. The van der Waals surface area contributed by atoms with Gasteiger partial charge < -0.3 is 10.4 Å². The Morgan fingerprint density at radius 1 is 1.40 bits per heavy atom. The molecule has 1 saturated carbocycles. The summed E-state index contributed by atoms with van der Waals surface area (Å²) in [7, 11) is 0. The summed E-state index contributed by atoms with van der Waals surface area (Å²) in [5.41, 5.74) is 0.757. The number of nitrogens with zero attached hydrogens (tertiary/aromatic N) is 1. The van der Waals surface area contributed by atoms with Gasteiger partial charge in [0, 0.05) is 12.2 Å². The predicted molar refractivity (Wildman–Crippen MR) is 72.7 cm³/mol. The second-order valence-electron chi connectivity index (χ2n) is 5.24. The average molecular weight is 276 g/mol. The Bertz CT molecular complexity index is 531.